The predicted molar refractivity (Wildman–Crippen MR) is 75.3 cm³/mol. The highest BCUT2D eigenvalue weighted by Gasteiger charge is 2.11. The molecular weight excluding hydrogens is 288 g/mol. The van der Waals surface area contributed by atoms with Crippen LogP contribution in [0.25, 0.3) is 0 Å². The molecule has 112 valence electrons. The average molecular weight is 306 g/mol. The molecule has 2 aromatic rings. The van der Waals surface area contributed by atoms with Crippen LogP contribution in [0.4, 0.5) is 14.6 Å². The zero-order chi connectivity index (χ0) is 13.8. The summed E-state index contributed by atoms with van der Waals surface area (Å²) in [5.41, 5.74) is 0.424. The number of anilines is 1. The van der Waals surface area contributed by atoms with E-state index < -0.39 is 6.55 Å². The first-order valence-electron chi connectivity index (χ1n) is 6.21. The lowest BCUT2D eigenvalue weighted by Crippen LogP contribution is -2.10. The number of halogens is 3. The first-order chi connectivity index (χ1) is 9.11. The van der Waals surface area contributed by atoms with Gasteiger partial charge in [0.2, 0.25) is 0 Å². The normalized spacial score (nSPS) is 12.2. The molecular formula is C12H18ClF2N5. The Balaban J connectivity index is 0.00000200. The molecule has 0 bridgehead atoms. The minimum atomic E-state index is -2.62. The smallest absolute Gasteiger partial charge is 0.333 e. The molecule has 2 rings (SSSR count). The van der Waals surface area contributed by atoms with E-state index in [-0.39, 0.29) is 19.0 Å². The molecule has 0 aliphatic rings. The second-order valence-electron chi connectivity index (χ2n) is 4.34. The molecule has 0 aliphatic carbocycles. The van der Waals surface area contributed by atoms with Gasteiger partial charge >= 0.3 is 6.55 Å². The second kappa shape index (κ2) is 7.23. The van der Waals surface area contributed by atoms with Crippen LogP contribution in [0.15, 0.2) is 24.5 Å². The minimum Gasteiger partial charge on any atom is -0.363 e. The van der Waals surface area contributed by atoms with Gasteiger partial charge in [0.15, 0.2) is 0 Å². The van der Waals surface area contributed by atoms with Crippen molar-refractivity contribution in [1.29, 1.82) is 0 Å². The highest BCUT2D eigenvalue weighted by atomic mass is 35.5. The van der Waals surface area contributed by atoms with E-state index in [9.17, 15) is 8.78 Å². The Morgan fingerprint density at radius 3 is 2.75 bits per heavy atom. The molecule has 5 nitrogen and oxygen atoms in total. The summed E-state index contributed by atoms with van der Waals surface area (Å²) >= 11 is 0. The van der Waals surface area contributed by atoms with E-state index in [1.165, 1.54) is 6.20 Å². The molecule has 0 radical (unpaired) electrons. The van der Waals surface area contributed by atoms with Crippen molar-refractivity contribution in [3.8, 4) is 0 Å². The van der Waals surface area contributed by atoms with Crippen molar-refractivity contribution in [2.24, 2.45) is 0 Å². The highest BCUT2D eigenvalue weighted by Crippen LogP contribution is 2.15. The Kier molecular flexibility index (Phi) is 5.94. The van der Waals surface area contributed by atoms with Crippen molar-refractivity contribution in [2.45, 2.75) is 39.4 Å². The third-order valence-corrected chi connectivity index (χ3v) is 3.04. The van der Waals surface area contributed by atoms with Gasteiger partial charge in [-0.3, -0.25) is 4.68 Å². The largest absolute Gasteiger partial charge is 0.363 e. The third kappa shape index (κ3) is 3.69. The fourth-order valence-electron chi connectivity index (χ4n) is 1.70. The van der Waals surface area contributed by atoms with Crippen molar-refractivity contribution in [3.63, 3.8) is 0 Å². The Labute approximate surface area is 122 Å². The number of nitrogens with zero attached hydrogens (tertiary/aromatic N) is 4. The average Bonchev–Trinajstić information content (AvgIpc) is 3.04. The summed E-state index contributed by atoms with van der Waals surface area (Å²) in [5.74, 6) is 0.669. The molecule has 2 heterocycles. The van der Waals surface area contributed by atoms with Crippen LogP contribution >= 0.6 is 12.4 Å². The summed E-state index contributed by atoms with van der Waals surface area (Å²) in [6.45, 7) is 1.80. The van der Waals surface area contributed by atoms with Crippen LogP contribution in [-0.4, -0.2) is 19.6 Å². The van der Waals surface area contributed by atoms with Crippen molar-refractivity contribution >= 4 is 18.2 Å². The molecule has 0 saturated carbocycles. The lowest BCUT2D eigenvalue weighted by Gasteiger charge is -2.09. The molecule has 0 spiro atoms. The summed E-state index contributed by atoms with van der Waals surface area (Å²) in [6.07, 6.45) is 4.22. The topological polar surface area (TPSA) is 47.7 Å². The molecule has 20 heavy (non-hydrogen) atoms. The van der Waals surface area contributed by atoms with Crippen LogP contribution in [0.5, 0.6) is 0 Å². The molecule has 1 unspecified atom stereocenters. The van der Waals surface area contributed by atoms with Crippen LogP contribution in [0.1, 0.15) is 38.6 Å². The van der Waals surface area contributed by atoms with E-state index in [1.807, 2.05) is 16.9 Å². The van der Waals surface area contributed by atoms with Crippen LogP contribution in [-0.2, 0) is 6.54 Å². The van der Waals surface area contributed by atoms with Gasteiger partial charge < -0.3 is 5.32 Å². The first kappa shape index (κ1) is 16.4. The molecule has 0 saturated heterocycles. The Morgan fingerprint density at radius 2 is 2.10 bits per heavy atom. The Morgan fingerprint density at radius 1 is 1.35 bits per heavy atom. The summed E-state index contributed by atoms with van der Waals surface area (Å²) in [6, 6.07) is 3.71. The Hall–Kier alpha value is -1.63. The van der Waals surface area contributed by atoms with Crippen molar-refractivity contribution in [3.05, 3.63) is 30.2 Å². The van der Waals surface area contributed by atoms with E-state index in [4.69, 9.17) is 0 Å². The number of nitrogens with one attached hydrogen (secondary N) is 1. The van der Waals surface area contributed by atoms with Gasteiger partial charge in [-0.15, -0.1) is 12.4 Å². The van der Waals surface area contributed by atoms with Gasteiger partial charge in [0.25, 0.3) is 0 Å². The number of hydrogen-bond donors (Lipinski definition) is 1. The molecule has 1 N–H and O–H groups in total. The van der Waals surface area contributed by atoms with Gasteiger partial charge in [-0.05, 0) is 19.4 Å². The van der Waals surface area contributed by atoms with Crippen molar-refractivity contribution in [2.75, 3.05) is 5.32 Å². The van der Waals surface area contributed by atoms with E-state index in [1.54, 1.807) is 6.07 Å². The van der Waals surface area contributed by atoms with E-state index in [2.05, 4.69) is 29.4 Å². The zero-order valence-corrected chi connectivity index (χ0v) is 12.1. The maximum Gasteiger partial charge on any atom is 0.333 e. The maximum absolute atomic E-state index is 12.6. The van der Waals surface area contributed by atoms with E-state index in [0.717, 1.165) is 6.42 Å². The number of rotatable bonds is 6. The van der Waals surface area contributed by atoms with Crippen LogP contribution in [0.3, 0.4) is 0 Å². The monoisotopic (exact) mass is 305 g/mol. The lowest BCUT2D eigenvalue weighted by atomic mass is 10.3. The Bertz CT molecular complexity index is 525. The zero-order valence-electron chi connectivity index (χ0n) is 11.3. The third-order valence-electron chi connectivity index (χ3n) is 3.04. The number of aromatic nitrogens is 4. The number of hydrogen-bond acceptors (Lipinski definition) is 3. The fourth-order valence-corrected chi connectivity index (χ4v) is 1.70. The van der Waals surface area contributed by atoms with Gasteiger partial charge in [0.1, 0.15) is 5.82 Å². The van der Waals surface area contributed by atoms with Gasteiger partial charge in [-0.25, -0.2) is 4.68 Å². The van der Waals surface area contributed by atoms with Crippen molar-refractivity contribution in [1.82, 2.24) is 19.6 Å². The molecule has 0 amide bonds. The molecule has 2 aromatic heterocycles. The predicted octanol–water partition coefficient (Wildman–Crippen LogP) is 3.48. The van der Waals surface area contributed by atoms with Crippen LogP contribution in [0.2, 0.25) is 0 Å². The number of alkyl halides is 2. The SMILES string of the molecule is CCC(C)n1ccc(NCc2ccnn2C(F)F)n1.Cl. The standard InChI is InChI=1S/C12H17F2N5.ClH/c1-3-9(2)18-7-5-11(17-18)15-8-10-4-6-16-19(10)12(13)14;/h4-7,9,12H,3,8H2,1-2H3,(H,15,17);1H. The summed E-state index contributed by atoms with van der Waals surface area (Å²) in [7, 11) is 0. The van der Waals surface area contributed by atoms with Crippen LogP contribution in [0, 0.1) is 0 Å². The first-order valence-corrected chi connectivity index (χ1v) is 6.21. The van der Waals surface area contributed by atoms with Crippen LogP contribution < -0.4 is 5.32 Å². The summed E-state index contributed by atoms with van der Waals surface area (Å²) < 4.78 is 27.7. The fraction of sp³-hybridized carbons (Fsp3) is 0.500. The van der Waals surface area contributed by atoms with Gasteiger partial charge in [0.05, 0.1) is 12.2 Å². The van der Waals surface area contributed by atoms with Gasteiger partial charge in [0, 0.05) is 24.5 Å². The quantitative estimate of drug-likeness (QED) is 0.889. The van der Waals surface area contributed by atoms with E-state index in [0.29, 0.717) is 22.2 Å². The molecule has 0 aromatic carbocycles. The van der Waals surface area contributed by atoms with Gasteiger partial charge in [-0.2, -0.15) is 19.0 Å². The molecule has 0 fully saturated rings. The lowest BCUT2D eigenvalue weighted by molar-refractivity contribution is 0.0537. The maximum atomic E-state index is 12.6. The molecule has 8 heteroatoms. The summed E-state index contributed by atoms with van der Waals surface area (Å²) in [5, 5.41) is 10.9. The second-order valence-corrected chi connectivity index (χ2v) is 4.34. The van der Waals surface area contributed by atoms with Gasteiger partial charge in [-0.1, -0.05) is 6.92 Å². The minimum absolute atomic E-state index is 0. The van der Waals surface area contributed by atoms with Crippen molar-refractivity contribution < 1.29 is 8.78 Å². The highest BCUT2D eigenvalue weighted by molar-refractivity contribution is 5.85. The molecule has 0 aliphatic heterocycles. The summed E-state index contributed by atoms with van der Waals surface area (Å²) in [4.78, 5) is 0. The van der Waals surface area contributed by atoms with E-state index >= 15 is 0 Å². The molecule has 1 atom stereocenters.